The van der Waals surface area contributed by atoms with Crippen LogP contribution in [0.3, 0.4) is 0 Å². The Bertz CT molecular complexity index is 257. The molecule has 0 bridgehead atoms. The molecule has 8 heteroatoms. The fraction of sp³-hybridized carbons (Fsp3) is 1.00. The van der Waals surface area contributed by atoms with Crippen LogP contribution in [0.15, 0.2) is 0 Å². The molecule has 1 fully saturated rings. The lowest BCUT2D eigenvalue weighted by atomic mass is 10.4. The average molecular weight is 291 g/mol. The summed E-state index contributed by atoms with van der Waals surface area (Å²) in [5.41, 5.74) is 0. The maximum atomic E-state index is 12.5. The minimum Gasteiger partial charge on any atom is -0.366 e. The predicted molar refractivity (Wildman–Crippen MR) is 65.1 cm³/mol. The van der Waals surface area contributed by atoms with Crippen molar-refractivity contribution in [2.45, 2.75) is 12.6 Å². The first-order chi connectivity index (χ1) is 7.68. The van der Waals surface area contributed by atoms with E-state index in [4.69, 9.17) is 32.5 Å². The molecule has 0 radical (unpaired) electrons. The molecule has 2 atom stereocenters. The Balaban J connectivity index is 2.73. The quantitative estimate of drug-likeness (QED) is 0.598. The van der Waals surface area contributed by atoms with Gasteiger partial charge >= 0.3 is 7.67 Å². The van der Waals surface area contributed by atoms with Gasteiger partial charge in [0.2, 0.25) is 0 Å². The van der Waals surface area contributed by atoms with Gasteiger partial charge in [0.25, 0.3) is 0 Å². The van der Waals surface area contributed by atoms with E-state index in [0.29, 0.717) is 37.9 Å². The first-order valence-corrected chi connectivity index (χ1v) is 7.74. The maximum absolute atomic E-state index is 12.5. The second-order valence-corrected chi connectivity index (χ2v) is 6.17. The third-order valence-electron chi connectivity index (χ3n) is 2.29. The van der Waals surface area contributed by atoms with Crippen molar-refractivity contribution < 1.29 is 13.8 Å². The Kier molecular flexibility index (Phi) is 6.59. The van der Waals surface area contributed by atoms with Gasteiger partial charge in [0.05, 0.1) is 6.61 Å². The second kappa shape index (κ2) is 7.17. The van der Waals surface area contributed by atoms with Crippen molar-refractivity contribution in [2.75, 3.05) is 38.6 Å². The average Bonchev–Trinajstić information content (AvgIpc) is 2.30. The molecule has 0 unspecified atom stereocenters. The number of halogens is 2. The summed E-state index contributed by atoms with van der Waals surface area (Å²) in [6, 6.07) is 0. The number of nitrogens with one attached hydrogen (secondary N) is 1. The van der Waals surface area contributed by atoms with E-state index in [1.165, 1.54) is 0 Å². The molecule has 1 heterocycles. The van der Waals surface area contributed by atoms with Gasteiger partial charge in [0.15, 0.2) is 0 Å². The minimum atomic E-state index is -3.04. The van der Waals surface area contributed by atoms with Gasteiger partial charge in [-0.1, -0.05) is 0 Å². The zero-order valence-electron chi connectivity index (χ0n) is 9.20. The standard InChI is InChI=1S/C8H17Cl2N2O3P/c1-14-8-2-7-15-16(13,11-5-3-9)12(8)6-4-10/h8H,2-7H2,1H3,(H,11,13)/t8-,16+/m1/s1. The van der Waals surface area contributed by atoms with Crippen LogP contribution >= 0.6 is 30.9 Å². The van der Waals surface area contributed by atoms with Crippen molar-refractivity contribution in [1.82, 2.24) is 9.76 Å². The number of alkyl halides is 2. The van der Waals surface area contributed by atoms with Crippen LogP contribution in [0.1, 0.15) is 6.42 Å². The van der Waals surface area contributed by atoms with Gasteiger partial charge in [0.1, 0.15) is 6.23 Å². The Morgan fingerprint density at radius 1 is 1.56 bits per heavy atom. The summed E-state index contributed by atoms with van der Waals surface area (Å²) in [5.74, 6) is 0.746. The van der Waals surface area contributed by atoms with E-state index in [2.05, 4.69) is 5.09 Å². The summed E-state index contributed by atoms with van der Waals surface area (Å²) in [7, 11) is -1.45. The fourth-order valence-corrected chi connectivity index (χ4v) is 4.20. The highest BCUT2D eigenvalue weighted by molar-refractivity contribution is 7.54. The van der Waals surface area contributed by atoms with Gasteiger partial charge in [-0.25, -0.2) is 5.09 Å². The Labute approximate surface area is 106 Å². The highest BCUT2D eigenvalue weighted by Gasteiger charge is 2.40. The number of ether oxygens (including phenoxy) is 1. The molecule has 5 nitrogen and oxygen atoms in total. The van der Waals surface area contributed by atoms with Gasteiger partial charge in [-0.15, -0.1) is 23.2 Å². The number of rotatable bonds is 6. The molecular formula is C8H17Cl2N2O3P. The summed E-state index contributed by atoms with van der Waals surface area (Å²) >= 11 is 11.3. The van der Waals surface area contributed by atoms with Crippen LogP contribution in [-0.2, 0) is 13.8 Å². The van der Waals surface area contributed by atoms with Crippen molar-refractivity contribution in [3.8, 4) is 0 Å². The van der Waals surface area contributed by atoms with Crippen LogP contribution in [0.5, 0.6) is 0 Å². The summed E-state index contributed by atoms with van der Waals surface area (Å²) in [6.45, 7) is 1.28. The lowest BCUT2D eigenvalue weighted by Gasteiger charge is -2.39. The van der Waals surface area contributed by atoms with E-state index in [-0.39, 0.29) is 6.23 Å². The zero-order chi connectivity index (χ0) is 12.0. The van der Waals surface area contributed by atoms with Crippen LogP contribution < -0.4 is 5.09 Å². The monoisotopic (exact) mass is 290 g/mol. The van der Waals surface area contributed by atoms with E-state index in [1.54, 1.807) is 11.8 Å². The molecule has 1 rings (SSSR count). The largest absolute Gasteiger partial charge is 0.366 e. The molecule has 16 heavy (non-hydrogen) atoms. The van der Waals surface area contributed by atoms with E-state index in [9.17, 15) is 4.57 Å². The number of hydrogen-bond donors (Lipinski definition) is 1. The van der Waals surface area contributed by atoms with Gasteiger partial charge in [-0.2, -0.15) is 4.67 Å². The topological polar surface area (TPSA) is 50.8 Å². The van der Waals surface area contributed by atoms with Crippen molar-refractivity contribution in [2.24, 2.45) is 0 Å². The van der Waals surface area contributed by atoms with Gasteiger partial charge in [0, 0.05) is 38.4 Å². The van der Waals surface area contributed by atoms with Crippen molar-refractivity contribution in [3.05, 3.63) is 0 Å². The third kappa shape index (κ3) is 3.57. The lowest BCUT2D eigenvalue weighted by Crippen LogP contribution is -2.44. The van der Waals surface area contributed by atoms with Crippen molar-refractivity contribution >= 4 is 30.9 Å². The second-order valence-electron chi connectivity index (χ2n) is 3.28. The fourth-order valence-electron chi connectivity index (χ4n) is 1.59. The third-order valence-corrected chi connectivity index (χ3v) is 4.94. The van der Waals surface area contributed by atoms with Crippen LogP contribution in [0.25, 0.3) is 0 Å². The first kappa shape index (κ1) is 14.7. The minimum absolute atomic E-state index is 0.221. The lowest BCUT2D eigenvalue weighted by molar-refractivity contribution is -0.0268. The summed E-state index contributed by atoms with van der Waals surface area (Å²) in [6.07, 6.45) is 0.459. The van der Waals surface area contributed by atoms with Crippen molar-refractivity contribution in [3.63, 3.8) is 0 Å². The summed E-state index contributed by atoms with van der Waals surface area (Å²) in [4.78, 5) is 0. The molecule has 1 saturated heterocycles. The molecule has 1 aliphatic heterocycles. The normalized spacial score (nSPS) is 31.8. The molecule has 0 aromatic heterocycles. The molecule has 0 aromatic rings. The molecule has 1 aliphatic rings. The molecule has 1 N–H and O–H groups in total. The predicted octanol–water partition coefficient (Wildman–Crippen LogP) is 1.86. The maximum Gasteiger partial charge on any atom is 0.345 e. The Hall–Kier alpha value is 0.650. The van der Waals surface area contributed by atoms with E-state index in [0.717, 1.165) is 0 Å². The van der Waals surface area contributed by atoms with Crippen LogP contribution in [-0.4, -0.2) is 49.5 Å². The SMILES string of the molecule is CO[C@@H]1CCO[P@@](=O)(NCCCl)N1CCCl. The van der Waals surface area contributed by atoms with Gasteiger partial charge < -0.3 is 9.26 Å². The molecule has 0 spiro atoms. The van der Waals surface area contributed by atoms with E-state index >= 15 is 0 Å². The number of hydrogen-bond acceptors (Lipinski definition) is 3. The van der Waals surface area contributed by atoms with Crippen LogP contribution in [0.2, 0.25) is 0 Å². The molecular weight excluding hydrogens is 274 g/mol. The Morgan fingerprint density at radius 3 is 2.88 bits per heavy atom. The molecule has 0 aromatic carbocycles. The molecule has 0 amide bonds. The summed E-state index contributed by atoms with van der Waals surface area (Å²) in [5, 5.41) is 2.84. The molecule has 0 saturated carbocycles. The highest BCUT2D eigenvalue weighted by atomic mass is 35.5. The number of nitrogens with zero attached hydrogens (tertiary/aromatic N) is 1. The van der Waals surface area contributed by atoms with Crippen molar-refractivity contribution in [1.29, 1.82) is 0 Å². The van der Waals surface area contributed by atoms with Gasteiger partial charge in [-0.3, -0.25) is 4.57 Å². The van der Waals surface area contributed by atoms with E-state index in [1.807, 2.05) is 0 Å². The van der Waals surface area contributed by atoms with Crippen LogP contribution in [0, 0.1) is 0 Å². The van der Waals surface area contributed by atoms with E-state index < -0.39 is 7.67 Å². The molecule has 0 aliphatic carbocycles. The van der Waals surface area contributed by atoms with Crippen LogP contribution in [0.4, 0.5) is 0 Å². The number of methoxy groups -OCH3 is 1. The smallest absolute Gasteiger partial charge is 0.345 e. The zero-order valence-corrected chi connectivity index (χ0v) is 11.6. The Morgan fingerprint density at radius 2 is 2.31 bits per heavy atom. The first-order valence-electron chi connectivity index (χ1n) is 5.09. The molecule has 96 valence electrons. The van der Waals surface area contributed by atoms with Gasteiger partial charge in [-0.05, 0) is 0 Å². The highest BCUT2D eigenvalue weighted by Crippen LogP contribution is 2.51. The summed E-state index contributed by atoms with van der Waals surface area (Å²) < 4.78 is 24.7.